The third-order valence-electron chi connectivity index (χ3n) is 3.99. The number of rotatable bonds is 6. The summed E-state index contributed by atoms with van der Waals surface area (Å²) < 4.78 is 0. The molecular weight excluding hydrogens is 340 g/mol. The second-order valence-corrected chi connectivity index (χ2v) is 6.04. The highest BCUT2D eigenvalue weighted by atomic mass is 16.2. The van der Waals surface area contributed by atoms with Crippen molar-refractivity contribution in [1.82, 2.24) is 10.3 Å². The zero-order chi connectivity index (χ0) is 19.1. The van der Waals surface area contributed by atoms with Gasteiger partial charge in [0.05, 0.1) is 11.9 Å². The van der Waals surface area contributed by atoms with E-state index >= 15 is 0 Å². The zero-order valence-corrected chi connectivity index (χ0v) is 14.6. The number of nitrogens with one attached hydrogen (secondary N) is 2. The minimum atomic E-state index is -0.738. The van der Waals surface area contributed by atoms with E-state index < -0.39 is 6.04 Å². The Morgan fingerprint density at radius 2 is 1.59 bits per heavy atom. The normalized spacial score (nSPS) is 11.4. The first-order valence-corrected chi connectivity index (χ1v) is 8.54. The zero-order valence-electron chi connectivity index (χ0n) is 14.6. The molecule has 1 heterocycles. The highest BCUT2D eigenvalue weighted by Crippen LogP contribution is 2.10. The topological polar surface area (TPSA) is 97.1 Å². The van der Waals surface area contributed by atoms with Crippen molar-refractivity contribution in [3.8, 4) is 0 Å². The predicted octanol–water partition coefficient (Wildman–Crippen LogP) is 2.64. The van der Waals surface area contributed by atoms with Crippen LogP contribution in [0.2, 0.25) is 0 Å². The van der Waals surface area contributed by atoms with Gasteiger partial charge in [0, 0.05) is 12.0 Å². The summed E-state index contributed by atoms with van der Waals surface area (Å²) in [6, 6.07) is 20.9. The Morgan fingerprint density at radius 1 is 0.926 bits per heavy atom. The van der Waals surface area contributed by atoms with Crippen LogP contribution in [0.25, 0.3) is 0 Å². The quantitative estimate of drug-likeness (QED) is 0.629. The van der Waals surface area contributed by atoms with Crippen molar-refractivity contribution in [2.75, 3.05) is 11.1 Å². The van der Waals surface area contributed by atoms with Gasteiger partial charge in [-0.15, -0.1) is 0 Å². The lowest BCUT2D eigenvalue weighted by atomic mass is 10.0. The smallest absolute Gasteiger partial charge is 0.251 e. The average Bonchev–Trinajstić information content (AvgIpc) is 2.70. The predicted molar refractivity (Wildman–Crippen MR) is 105 cm³/mol. The van der Waals surface area contributed by atoms with Crippen LogP contribution in [0.3, 0.4) is 0 Å². The Morgan fingerprint density at radius 3 is 2.22 bits per heavy atom. The fourth-order valence-electron chi connectivity index (χ4n) is 2.60. The third-order valence-corrected chi connectivity index (χ3v) is 3.99. The molecule has 6 nitrogen and oxygen atoms in total. The number of hydrogen-bond acceptors (Lipinski definition) is 4. The van der Waals surface area contributed by atoms with Gasteiger partial charge >= 0.3 is 0 Å². The molecule has 0 fully saturated rings. The minimum absolute atomic E-state index is 0.304. The number of carbonyl (C=O) groups excluding carboxylic acids is 2. The second kappa shape index (κ2) is 8.62. The number of nitrogens with two attached hydrogens (primary N) is 1. The molecule has 3 aromatic rings. The molecule has 0 spiro atoms. The molecule has 1 atom stereocenters. The first-order valence-electron chi connectivity index (χ1n) is 8.54. The Kier molecular flexibility index (Phi) is 5.79. The Bertz CT molecular complexity index is 896. The van der Waals surface area contributed by atoms with E-state index in [0.29, 0.717) is 23.5 Å². The lowest BCUT2D eigenvalue weighted by molar-refractivity contribution is -0.118. The fourth-order valence-corrected chi connectivity index (χ4v) is 2.60. The number of pyridine rings is 1. The van der Waals surface area contributed by atoms with Gasteiger partial charge in [0.1, 0.15) is 11.9 Å². The molecule has 6 heteroatoms. The summed E-state index contributed by atoms with van der Waals surface area (Å²) in [7, 11) is 0. The van der Waals surface area contributed by atoms with Crippen molar-refractivity contribution in [3.05, 3.63) is 90.1 Å². The highest BCUT2D eigenvalue weighted by molar-refractivity contribution is 6.01. The molecule has 0 aliphatic rings. The van der Waals surface area contributed by atoms with Crippen LogP contribution in [0.1, 0.15) is 15.9 Å². The van der Waals surface area contributed by atoms with Crippen LogP contribution in [0.4, 0.5) is 11.5 Å². The van der Waals surface area contributed by atoms with E-state index in [1.54, 1.807) is 36.4 Å². The molecule has 2 aromatic carbocycles. The largest absolute Gasteiger partial charge is 0.384 e. The maximum atomic E-state index is 12.8. The summed E-state index contributed by atoms with van der Waals surface area (Å²) in [5.74, 6) is -0.261. The summed E-state index contributed by atoms with van der Waals surface area (Å²) in [5, 5.41) is 5.59. The molecule has 1 aromatic heterocycles. The Balaban J connectivity index is 1.77. The van der Waals surface area contributed by atoms with Crippen molar-refractivity contribution in [3.63, 3.8) is 0 Å². The third kappa shape index (κ3) is 5.15. The van der Waals surface area contributed by atoms with Crippen LogP contribution in [-0.2, 0) is 11.2 Å². The Hall–Kier alpha value is -3.67. The van der Waals surface area contributed by atoms with E-state index in [9.17, 15) is 9.59 Å². The maximum absolute atomic E-state index is 12.8. The lowest BCUT2D eigenvalue weighted by Crippen LogP contribution is -2.45. The summed E-state index contributed by atoms with van der Waals surface area (Å²) in [6.45, 7) is 0. The molecule has 0 unspecified atom stereocenters. The SMILES string of the molecule is Nc1ccc(NC(=O)[C@H](Cc2ccccc2)NC(=O)c2ccccc2)cn1. The number of nitrogen functional groups attached to an aromatic ring is 1. The second-order valence-electron chi connectivity index (χ2n) is 6.04. The van der Waals surface area contributed by atoms with Gasteiger partial charge in [-0.3, -0.25) is 9.59 Å². The number of aromatic nitrogens is 1. The summed E-state index contributed by atoms with van der Waals surface area (Å²) >= 11 is 0. The van der Waals surface area contributed by atoms with Gasteiger partial charge in [0.15, 0.2) is 0 Å². The summed E-state index contributed by atoms with van der Waals surface area (Å²) in [5.41, 5.74) is 7.53. The van der Waals surface area contributed by atoms with Crippen LogP contribution in [0.5, 0.6) is 0 Å². The number of nitrogens with zero attached hydrogens (tertiary/aromatic N) is 1. The molecular formula is C21H20N4O2. The van der Waals surface area contributed by atoms with E-state index in [4.69, 9.17) is 5.73 Å². The minimum Gasteiger partial charge on any atom is -0.384 e. The van der Waals surface area contributed by atoms with Crippen LogP contribution in [-0.4, -0.2) is 22.8 Å². The van der Waals surface area contributed by atoms with Crippen molar-refractivity contribution in [2.45, 2.75) is 12.5 Å². The fraction of sp³-hybridized carbons (Fsp3) is 0.0952. The van der Waals surface area contributed by atoms with E-state index in [0.717, 1.165) is 5.56 Å². The van der Waals surface area contributed by atoms with Gasteiger partial charge < -0.3 is 16.4 Å². The molecule has 136 valence electrons. The highest BCUT2D eigenvalue weighted by Gasteiger charge is 2.22. The Labute approximate surface area is 157 Å². The molecule has 0 aliphatic carbocycles. The number of benzene rings is 2. The number of anilines is 2. The van der Waals surface area contributed by atoms with Crippen molar-refractivity contribution >= 4 is 23.3 Å². The molecule has 2 amide bonds. The van der Waals surface area contributed by atoms with E-state index in [-0.39, 0.29) is 11.8 Å². The van der Waals surface area contributed by atoms with Crippen molar-refractivity contribution in [2.24, 2.45) is 0 Å². The van der Waals surface area contributed by atoms with Gasteiger partial charge in [-0.1, -0.05) is 48.5 Å². The summed E-state index contributed by atoms with van der Waals surface area (Å²) in [4.78, 5) is 29.3. The van der Waals surface area contributed by atoms with Crippen LogP contribution >= 0.6 is 0 Å². The van der Waals surface area contributed by atoms with Crippen molar-refractivity contribution < 1.29 is 9.59 Å². The van der Waals surface area contributed by atoms with Gasteiger partial charge in [-0.2, -0.15) is 0 Å². The average molecular weight is 360 g/mol. The van der Waals surface area contributed by atoms with Crippen LogP contribution in [0, 0.1) is 0 Å². The van der Waals surface area contributed by atoms with E-state index in [1.807, 2.05) is 36.4 Å². The van der Waals surface area contributed by atoms with Gasteiger partial charge in [-0.25, -0.2) is 4.98 Å². The van der Waals surface area contributed by atoms with Gasteiger partial charge in [0.25, 0.3) is 5.91 Å². The van der Waals surface area contributed by atoms with E-state index in [1.165, 1.54) is 6.20 Å². The van der Waals surface area contributed by atoms with Gasteiger partial charge in [0.2, 0.25) is 5.91 Å². The van der Waals surface area contributed by atoms with Gasteiger partial charge in [-0.05, 0) is 29.8 Å². The molecule has 3 rings (SSSR count). The first-order chi connectivity index (χ1) is 13.1. The first kappa shape index (κ1) is 18.1. The molecule has 27 heavy (non-hydrogen) atoms. The molecule has 0 saturated carbocycles. The van der Waals surface area contributed by atoms with Crippen LogP contribution in [0.15, 0.2) is 79.0 Å². The molecule has 0 radical (unpaired) electrons. The van der Waals surface area contributed by atoms with Crippen LogP contribution < -0.4 is 16.4 Å². The maximum Gasteiger partial charge on any atom is 0.251 e. The standard InChI is InChI=1S/C21H20N4O2/c22-19-12-11-17(14-23-19)24-21(27)18(13-15-7-3-1-4-8-15)25-20(26)16-9-5-2-6-10-16/h1-12,14,18H,13H2,(H2,22,23)(H,24,27)(H,25,26)/t18-/m0/s1. The lowest BCUT2D eigenvalue weighted by Gasteiger charge is -2.19. The number of hydrogen-bond donors (Lipinski definition) is 3. The number of carbonyl (C=O) groups is 2. The number of amides is 2. The molecule has 0 aliphatic heterocycles. The molecule has 0 saturated heterocycles. The van der Waals surface area contributed by atoms with E-state index in [2.05, 4.69) is 15.6 Å². The summed E-state index contributed by atoms with van der Waals surface area (Å²) in [6.07, 6.45) is 1.85. The van der Waals surface area contributed by atoms with Crippen molar-refractivity contribution in [1.29, 1.82) is 0 Å². The molecule has 0 bridgehead atoms. The monoisotopic (exact) mass is 360 g/mol. The molecule has 4 N–H and O–H groups in total.